The van der Waals surface area contributed by atoms with E-state index in [1.165, 1.54) is 6.07 Å². The minimum atomic E-state index is -4.50. The first-order chi connectivity index (χ1) is 9.46. The van der Waals surface area contributed by atoms with Gasteiger partial charge in [-0.15, -0.1) is 0 Å². The van der Waals surface area contributed by atoms with Gasteiger partial charge in [-0.3, -0.25) is 0 Å². The van der Waals surface area contributed by atoms with Gasteiger partial charge in [-0.1, -0.05) is 22.5 Å². The molecule has 0 radical (unpaired) electrons. The van der Waals surface area contributed by atoms with Crippen molar-refractivity contribution in [3.63, 3.8) is 0 Å². The van der Waals surface area contributed by atoms with Crippen molar-refractivity contribution in [3.05, 3.63) is 59.5 Å². The van der Waals surface area contributed by atoms with E-state index in [-0.39, 0.29) is 11.8 Å². The van der Waals surface area contributed by atoms with E-state index < -0.39 is 10.2 Å². The van der Waals surface area contributed by atoms with E-state index >= 15 is 0 Å². The molecular formula is C14H12ClNO4. The van der Waals surface area contributed by atoms with Crippen LogP contribution < -0.4 is 18.3 Å². The van der Waals surface area contributed by atoms with E-state index in [1.54, 1.807) is 6.07 Å². The normalized spacial score (nSPS) is 20.3. The Morgan fingerprint density at radius 1 is 1.20 bits per heavy atom. The first-order valence-corrected chi connectivity index (χ1v) is 7.27. The molecule has 1 aromatic rings. The van der Waals surface area contributed by atoms with Crippen molar-refractivity contribution in [1.29, 1.82) is 0 Å². The molecule has 20 heavy (non-hydrogen) atoms. The Kier molecular flexibility index (Phi) is 3.07. The Morgan fingerprint density at radius 2 is 2.00 bits per heavy atom. The predicted molar refractivity (Wildman–Crippen MR) is 63.6 cm³/mol. The van der Waals surface area contributed by atoms with Crippen molar-refractivity contribution in [3.8, 4) is 5.75 Å². The fourth-order valence-electron chi connectivity index (χ4n) is 2.49. The van der Waals surface area contributed by atoms with Gasteiger partial charge < -0.3 is 4.90 Å². The van der Waals surface area contributed by atoms with Gasteiger partial charge in [-0.2, -0.15) is 14.0 Å². The van der Waals surface area contributed by atoms with E-state index in [9.17, 15) is 14.0 Å². The van der Waals surface area contributed by atoms with Crippen molar-refractivity contribution < 1.29 is 28.5 Å². The fraction of sp³-hybridized carbons (Fsp3) is 0.143. The highest BCUT2D eigenvalue weighted by molar-refractivity contribution is 5.68. The second-order valence-electron chi connectivity index (χ2n) is 4.57. The Balaban J connectivity index is 2.10. The molecule has 2 aliphatic heterocycles. The molecule has 1 unspecified atom stereocenters. The van der Waals surface area contributed by atoms with E-state index in [0.29, 0.717) is 5.56 Å². The van der Waals surface area contributed by atoms with Gasteiger partial charge in [0.15, 0.2) is 0 Å². The van der Waals surface area contributed by atoms with E-state index in [0.717, 1.165) is 11.3 Å². The number of fused-ring (bicyclic) bond motifs is 2. The lowest BCUT2D eigenvalue weighted by Crippen LogP contribution is -2.63. The van der Waals surface area contributed by atoms with Crippen LogP contribution in [0, 0.1) is 10.2 Å². The Hall–Kier alpha value is -1.79. The number of nitrogens with zero attached hydrogens (tertiary/aromatic N) is 1. The van der Waals surface area contributed by atoms with Crippen LogP contribution in [-0.4, -0.2) is 4.90 Å². The predicted octanol–water partition coefficient (Wildman–Crippen LogP) is -0.236. The number of hydrogen-bond acceptors (Lipinski definition) is 5. The number of halogens is 1. The quantitative estimate of drug-likeness (QED) is 0.752. The van der Waals surface area contributed by atoms with Crippen molar-refractivity contribution >= 4 is 6.08 Å². The van der Waals surface area contributed by atoms with Crippen LogP contribution in [0.1, 0.15) is 24.1 Å². The summed E-state index contributed by atoms with van der Waals surface area (Å²) in [4.78, 5) is 2.07. The van der Waals surface area contributed by atoms with Gasteiger partial charge in [0, 0.05) is 17.5 Å². The lowest BCUT2D eigenvalue weighted by molar-refractivity contribution is -1.91. The fourth-order valence-corrected chi connectivity index (χ4v) is 2.83. The zero-order valence-electron chi connectivity index (χ0n) is 10.7. The maximum atomic E-state index is 10.8. The molecule has 5 nitrogen and oxygen atoms in total. The molecule has 0 spiro atoms. The smallest absolute Gasteiger partial charge is 0.295 e. The highest BCUT2D eigenvalue weighted by Gasteiger charge is 2.30. The van der Waals surface area contributed by atoms with Crippen molar-refractivity contribution in [1.82, 2.24) is 4.90 Å². The van der Waals surface area contributed by atoms with E-state index in [1.807, 2.05) is 43.5 Å². The molecule has 0 aromatic heterocycles. The summed E-state index contributed by atoms with van der Waals surface area (Å²) in [6, 6.07) is 5.07. The zero-order chi connectivity index (χ0) is 14.3. The monoisotopic (exact) mass is 293 g/mol. The largest absolute Gasteiger partial charge is 0.341 e. The molecular weight excluding hydrogens is 282 g/mol. The Labute approximate surface area is 118 Å². The maximum Gasteiger partial charge on any atom is 0.295 e. The third-order valence-electron chi connectivity index (χ3n) is 3.36. The molecule has 3 rings (SSSR count). The Morgan fingerprint density at radius 3 is 2.75 bits per heavy atom. The molecule has 0 amide bonds. The van der Waals surface area contributed by atoms with Crippen molar-refractivity contribution in [2.75, 3.05) is 0 Å². The number of rotatable bonds is 2. The molecule has 1 aromatic carbocycles. The average Bonchev–Trinajstić information content (AvgIpc) is 2.39. The van der Waals surface area contributed by atoms with E-state index in [2.05, 4.69) is 9.19 Å². The highest BCUT2D eigenvalue weighted by atomic mass is 35.7. The van der Waals surface area contributed by atoms with Crippen LogP contribution in [0.2, 0.25) is 0 Å². The van der Waals surface area contributed by atoms with Crippen molar-refractivity contribution in [2.45, 2.75) is 13.0 Å². The van der Waals surface area contributed by atoms with Crippen LogP contribution in [0.5, 0.6) is 5.75 Å². The summed E-state index contributed by atoms with van der Waals surface area (Å²) in [6.45, 7) is 2.00. The van der Waals surface area contributed by atoms with Crippen LogP contribution in [0.25, 0.3) is 6.08 Å². The van der Waals surface area contributed by atoms with Gasteiger partial charge in [0.05, 0.1) is 6.04 Å². The number of allylic oxidation sites excluding steroid dienone is 3. The summed E-state index contributed by atoms with van der Waals surface area (Å²) in [5.41, 5.74) is 2.45. The van der Waals surface area contributed by atoms with E-state index in [4.69, 9.17) is 0 Å². The molecule has 2 heterocycles. The van der Waals surface area contributed by atoms with Crippen LogP contribution in [-0.2, 0) is 0 Å². The van der Waals surface area contributed by atoms with Gasteiger partial charge in [0.2, 0.25) is 0 Å². The number of benzene rings is 1. The standard InChI is InChI=1S/C14H12ClNO4/c1-10-12-6-4-7-14(20-15(17,18)19)13(12)9-11-5-2-3-8-16(10)11/h2-10H,1H3. The summed E-state index contributed by atoms with van der Waals surface area (Å²) in [6.07, 6.45) is 9.51. The molecule has 2 aliphatic rings. The van der Waals surface area contributed by atoms with Crippen LogP contribution in [0.4, 0.5) is 0 Å². The summed E-state index contributed by atoms with van der Waals surface area (Å²) in [7, 11) is -4.50. The molecule has 0 saturated carbocycles. The lowest BCUT2D eigenvalue weighted by atomic mass is 9.93. The minimum absolute atomic E-state index is 0.0285. The van der Waals surface area contributed by atoms with Crippen LogP contribution in [0.3, 0.4) is 0 Å². The SMILES string of the molecule is CC1c2cccc(O[Cl+3]([O-])([O-])[O-])c2C=C2C=CC=CN21. The molecule has 1 atom stereocenters. The number of hydrogen-bond donors (Lipinski definition) is 0. The average molecular weight is 294 g/mol. The molecule has 0 bridgehead atoms. The van der Waals surface area contributed by atoms with Gasteiger partial charge >= 0.3 is 0 Å². The van der Waals surface area contributed by atoms with Gasteiger partial charge in [-0.05, 0) is 36.8 Å². The van der Waals surface area contributed by atoms with Gasteiger partial charge in [0.1, 0.15) is 10.2 Å². The third kappa shape index (κ3) is 2.32. The molecule has 0 saturated heterocycles. The lowest BCUT2D eigenvalue weighted by Gasteiger charge is -2.35. The molecule has 104 valence electrons. The summed E-state index contributed by atoms with van der Waals surface area (Å²) >= 11 is 0. The van der Waals surface area contributed by atoms with Gasteiger partial charge in [-0.25, -0.2) is 0 Å². The maximum absolute atomic E-state index is 10.8. The minimum Gasteiger partial charge on any atom is -0.341 e. The first-order valence-electron chi connectivity index (χ1n) is 6.04. The first kappa shape index (κ1) is 13.2. The summed E-state index contributed by atoms with van der Waals surface area (Å²) < 4.78 is 36.9. The van der Waals surface area contributed by atoms with Crippen molar-refractivity contribution in [2.24, 2.45) is 0 Å². The van der Waals surface area contributed by atoms with Crippen LogP contribution in [0.15, 0.2) is 48.3 Å². The molecule has 6 heteroatoms. The molecule has 0 fully saturated rings. The third-order valence-corrected chi connectivity index (χ3v) is 3.72. The molecule has 0 aliphatic carbocycles. The van der Waals surface area contributed by atoms with Gasteiger partial charge in [0.25, 0.3) is 5.75 Å². The van der Waals surface area contributed by atoms with Crippen LogP contribution >= 0.6 is 0 Å². The second kappa shape index (κ2) is 4.64. The highest BCUT2D eigenvalue weighted by Crippen LogP contribution is 2.40. The zero-order valence-corrected chi connectivity index (χ0v) is 11.4. The summed E-state index contributed by atoms with van der Waals surface area (Å²) in [5, 5.41) is 0. The molecule has 0 N–H and O–H groups in total. The summed E-state index contributed by atoms with van der Waals surface area (Å²) in [5.74, 6) is 0.0566. The second-order valence-corrected chi connectivity index (χ2v) is 5.48. The Bertz CT molecular complexity index is 631. The topological polar surface area (TPSA) is 81.6 Å².